The van der Waals surface area contributed by atoms with Crippen LogP contribution in [0.3, 0.4) is 0 Å². The normalized spacial score (nSPS) is 12.4. The number of para-hydroxylation sites is 1. The van der Waals surface area contributed by atoms with E-state index in [0.29, 0.717) is 5.75 Å². The van der Waals surface area contributed by atoms with Gasteiger partial charge in [-0.3, -0.25) is 20.4 Å². The highest BCUT2D eigenvalue weighted by molar-refractivity contribution is 5.95. The van der Waals surface area contributed by atoms with Crippen LogP contribution in [0, 0.1) is 0 Å². The van der Waals surface area contributed by atoms with E-state index in [1.54, 1.807) is 6.07 Å². The summed E-state index contributed by atoms with van der Waals surface area (Å²) in [7, 11) is 0. The van der Waals surface area contributed by atoms with E-state index in [9.17, 15) is 9.59 Å². The Kier molecular flexibility index (Phi) is 4.70. The number of carbonyl (C=O) groups excluding carboxylic acids is 2. The van der Waals surface area contributed by atoms with E-state index in [2.05, 4.69) is 15.8 Å². The number of rotatable bonds is 4. The van der Waals surface area contributed by atoms with E-state index in [0.717, 1.165) is 30.2 Å². The Hall–Kier alpha value is -3.41. The summed E-state index contributed by atoms with van der Waals surface area (Å²) in [5, 5.41) is 0.945. The van der Waals surface area contributed by atoms with Crippen molar-refractivity contribution >= 4 is 22.7 Å². The number of carbonyl (C=O) groups is 2. The van der Waals surface area contributed by atoms with Crippen LogP contribution >= 0.6 is 0 Å². The molecule has 6 heteroatoms. The van der Waals surface area contributed by atoms with Crippen molar-refractivity contribution in [3.63, 3.8) is 0 Å². The molecule has 1 aromatic heterocycles. The van der Waals surface area contributed by atoms with Gasteiger partial charge < -0.3 is 4.74 Å². The summed E-state index contributed by atoms with van der Waals surface area (Å²) in [6.45, 7) is -0.176. The lowest BCUT2D eigenvalue weighted by Crippen LogP contribution is -2.44. The van der Waals surface area contributed by atoms with Crippen LogP contribution in [0.5, 0.6) is 5.75 Å². The lowest BCUT2D eigenvalue weighted by molar-refractivity contribution is -0.123. The van der Waals surface area contributed by atoms with Gasteiger partial charge in [0, 0.05) is 5.39 Å². The first-order chi connectivity index (χ1) is 13.2. The molecular formula is C21H19N3O3. The van der Waals surface area contributed by atoms with E-state index in [4.69, 9.17) is 4.74 Å². The van der Waals surface area contributed by atoms with Crippen molar-refractivity contribution in [1.29, 1.82) is 0 Å². The van der Waals surface area contributed by atoms with E-state index < -0.39 is 11.8 Å². The average Bonchev–Trinajstić information content (AvgIpc) is 3.18. The minimum absolute atomic E-state index is 0.176. The number of nitrogens with one attached hydrogen (secondary N) is 2. The molecule has 0 bridgehead atoms. The third kappa shape index (κ3) is 3.89. The summed E-state index contributed by atoms with van der Waals surface area (Å²) < 4.78 is 5.51. The van der Waals surface area contributed by atoms with Gasteiger partial charge in [-0.15, -0.1) is 0 Å². The maximum absolute atomic E-state index is 12.2. The van der Waals surface area contributed by atoms with Gasteiger partial charge in [0.15, 0.2) is 6.61 Å². The van der Waals surface area contributed by atoms with Crippen molar-refractivity contribution < 1.29 is 14.3 Å². The highest BCUT2D eigenvalue weighted by Gasteiger charge is 2.13. The second-order valence-electron chi connectivity index (χ2n) is 6.46. The standard InChI is InChI=1S/C21H19N3O3/c25-20(13-27-17-10-8-14-5-3-6-16(14)12-17)23-24-21(26)19-11-9-15-4-1-2-7-18(15)22-19/h1-2,4,7-12H,3,5-6,13H2,(H,23,25)(H,24,26). The molecular weight excluding hydrogens is 342 g/mol. The van der Waals surface area contributed by atoms with Gasteiger partial charge in [0.2, 0.25) is 0 Å². The van der Waals surface area contributed by atoms with Gasteiger partial charge in [-0.25, -0.2) is 4.98 Å². The molecule has 2 amide bonds. The molecule has 27 heavy (non-hydrogen) atoms. The van der Waals surface area contributed by atoms with Crippen molar-refractivity contribution in [1.82, 2.24) is 15.8 Å². The highest BCUT2D eigenvalue weighted by Crippen LogP contribution is 2.25. The van der Waals surface area contributed by atoms with Gasteiger partial charge in [-0.2, -0.15) is 0 Å². The van der Waals surface area contributed by atoms with Crippen molar-refractivity contribution in [2.75, 3.05) is 6.61 Å². The fourth-order valence-corrected chi connectivity index (χ4v) is 3.21. The molecule has 1 heterocycles. The number of pyridine rings is 1. The molecule has 0 saturated carbocycles. The molecule has 0 radical (unpaired) electrons. The Labute approximate surface area is 156 Å². The zero-order chi connectivity index (χ0) is 18.6. The van der Waals surface area contributed by atoms with E-state index in [-0.39, 0.29) is 12.3 Å². The smallest absolute Gasteiger partial charge is 0.288 e. The number of aryl methyl sites for hydroxylation is 2. The number of hydrazine groups is 1. The summed E-state index contributed by atoms with van der Waals surface area (Å²) in [6.07, 6.45) is 3.31. The molecule has 0 saturated heterocycles. The molecule has 1 aliphatic carbocycles. The van der Waals surface area contributed by atoms with Gasteiger partial charge in [-0.1, -0.05) is 30.3 Å². The summed E-state index contributed by atoms with van der Waals surface area (Å²) in [4.78, 5) is 28.4. The molecule has 136 valence electrons. The van der Waals surface area contributed by atoms with Crippen LogP contribution < -0.4 is 15.6 Å². The molecule has 0 fully saturated rings. The molecule has 2 N–H and O–H groups in total. The van der Waals surface area contributed by atoms with Crippen LogP contribution in [0.15, 0.2) is 54.6 Å². The lowest BCUT2D eigenvalue weighted by Gasteiger charge is -2.10. The molecule has 2 aromatic carbocycles. The predicted molar refractivity (Wildman–Crippen MR) is 101 cm³/mol. The van der Waals surface area contributed by atoms with Gasteiger partial charge >= 0.3 is 0 Å². The number of fused-ring (bicyclic) bond motifs is 2. The SMILES string of the molecule is O=C(COc1ccc2c(c1)CCC2)NNC(=O)c1ccc2ccccc2n1. The van der Waals surface area contributed by atoms with Crippen molar-refractivity contribution in [2.45, 2.75) is 19.3 Å². The third-order valence-corrected chi connectivity index (χ3v) is 4.59. The second-order valence-corrected chi connectivity index (χ2v) is 6.46. The first-order valence-electron chi connectivity index (χ1n) is 8.88. The Balaban J connectivity index is 1.30. The molecule has 6 nitrogen and oxygen atoms in total. The quantitative estimate of drug-likeness (QED) is 0.700. The molecule has 3 aromatic rings. The Morgan fingerprint density at radius 3 is 2.74 bits per heavy atom. The molecule has 0 aliphatic heterocycles. The van der Waals surface area contributed by atoms with Crippen LogP contribution in [0.2, 0.25) is 0 Å². The number of nitrogens with zero attached hydrogens (tertiary/aromatic N) is 1. The number of ether oxygens (including phenoxy) is 1. The molecule has 0 unspecified atom stereocenters. The summed E-state index contributed by atoms with van der Waals surface area (Å²) in [5.41, 5.74) is 8.29. The molecule has 0 spiro atoms. The zero-order valence-electron chi connectivity index (χ0n) is 14.7. The van der Waals surface area contributed by atoms with Crippen LogP contribution in [0.25, 0.3) is 10.9 Å². The Morgan fingerprint density at radius 2 is 1.81 bits per heavy atom. The molecule has 4 rings (SSSR count). The summed E-state index contributed by atoms with van der Waals surface area (Å²) >= 11 is 0. The first-order valence-corrected chi connectivity index (χ1v) is 8.88. The largest absolute Gasteiger partial charge is 0.484 e. The lowest BCUT2D eigenvalue weighted by atomic mass is 10.1. The summed E-state index contributed by atoms with van der Waals surface area (Å²) in [5.74, 6) is -0.260. The number of amides is 2. The Bertz CT molecular complexity index is 1020. The number of aromatic nitrogens is 1. The average molecular weight is 361 g/mol. The maximum Gasteiger partial charge on any atom is 0.288 e. The fraction of sp³-hybridized carbons (Fsp3) is 0.190. The first kappa shape index (κ1) is 17.0. The van der Waals surface area contributed by atoms with Gasteiger partial charge in [0.1, 0.15) is 11.4 Å². The topological polar surface area (TPSA) is 80.3 Å². The van der Waals surface area contributed by atoms with Gasteiger partial charge in [0.25, 0.3) is 11.8 Å². The minimum Gasteiger partial charge on any atom is -0.484 e. The minimum atomic E-state index is -0.480. The third-order valence-electron chi connectivity index (χ3n) is 4.59. The van der Waals surface area contributed by atoms with Gasteiger partial charge in [-0.05, 0) is 54.7 Å². The maximum atomic E-state index is 12.2. The van der Waals surface area contributed by atoms with Crippen molar-refractivity contribution in [2.24, 2.45) is 0 Å². The van der Waals surface area contributed by atoms with Crippen LogP contribution in [-0.2, 0) is 17.6 Å². The van der Waals surface area contributed by atoms with Crippen LogP contribution in [0.1, 0.15) is 28.0 Å². The number of benzene rings is 2. The fourth-order valence-electron chi connectivity index (χ4n) is 3.21. The summed E-state index contributed by atoms with van der Waals surface area (Å²) in [6, 6.07) is 16.8. The van der Waals surface area contributed by atoms with Crippen LogP contribution in [-0.4, -0.2) is 23.4 Å². The monoisotopic (exact) mass is 361 g/mol. The van der Waals surface area contributed by atoms with E-state index in [1.165, 1.54) is 11.1 Å². The number of hydrogen-bond acceptors (Lipinski definition) is 4. The Morgan fingerprint density at radius 1 is 0.963 bits per heavy atom. The highest BCUT2D eigenvalue weighted by atomic mass is 16.5. The molecule has 0 atom stereocenters. The predicted octanol–water partition coefficient (Wildman–Crippen LogP) is 2.56. The van der Waals surface area contributed by atoms with Gasteiger partial charge in [0.05, 0.1) is 5.52 Å². The van der Waals surface area contributed by atoms with Crippen LogP contribution in [0.4, 0.5) is 0 Å². The van der Waals surface area contributed by atoms with E-state index in [1.807, 2.05) is 48.5 Å². The zero-order valence-corrected chi connectivity index (χ0v) is 14.7. The number of hydrogen-bond donors (Lipinski definition) is 2. The second kappa shape index (κ2) is 7.45. The van der Waals surface area contributed by atoms with E-state index >= 15 is 0 Å². The van der Waals surface area contributed by atoms with Crippen molar-refractivity contribution in [3.8, 4) is 5.75 Å². The molecule has 1 aliphatic rings. The van der Waals surface area contributed by atoms with Crippen molar-refractivity contribution in [3.05, 3.63) is 71.4 Å².